The number of benzene rings is 1. The van der Waals surface area contributed by atoms with E-state index in [4.69, 9.17) is 19.6 Å². The molecule has 0 bridgehead atoms. The monoisotopic (exact) mass is 533 g/mol. The summed E-state index contributed by atoms with van der Waals surface area (Å²) in [4.78, 5) is 27.1. The van der Waals surface area contributed by atoms with Gasteiger partial charge in [-0.25, -0.2) is 9.78 Å². The van der Waals surface area contributed by atoms with Gasteiger partial charge in [-0.1, -0.05) is 0 Å². The third kappa shape index (κ3) is 4.70. The molecular formula is C26H31N9O4. The van der Waals surface area contributed by atoms with Crippen LogP contribution in [0.4, 0.5) is 11.6 Å². The lowest BCUT2D eigenvalue weighted by Crippen LogP contribution is -2.47. The summed E-state index contributed by atoms with van der Waals surface area (Å²) < 4.78 is 20.8. The van der Waals surface area contributed by atoms with Crippen molar-refractivity contribution in [2.45, 2.75) is 6.54 Å². The van der Waals surface area contributed by atoms with Crippen molar-refractivity contribution in [2.75, 3.05) is 63.7 Å². The van der Waals surface area contributed by atoms with E-state index in [1.165, 1.54) is 10.2 Å². The number of ether oxygens (including phenoxy) is 2. The number of nitrogens with zero attached hydrogens (tertiary/aromatic N) is 8. The van der Waals surface area contributed by atoms with Gasteiger partial charge in [0.25, 0.3) is 0 Å². The van der Waals surface area contributed by atoms with Crippen LogP contribution in [0.3, 0.4) is 0 Å². The van der Waals surface area contributed by atoms with Crippen molar-refractivity contribution < 1.29 is 13.9 Å². The van der Waals surface area contributed by atoms with Gasteiger partial charge in [-0.2, -0.15) is 9.50 Å². The van der Waals surface area contributed by atoms with Crippen LogP contribution < -0.4 is 21.1 Å². The molecule has 0 spiro atoms. The molecule has 0 unspecified atom stereocenters. The lowest BCUT2D eigenvalue weighted by atomic mass is 10.2. The van der Waals surface area contributed by atoms with Crippen LogP contribution in [0, 0.1) is 0 Å². The van der Waals surface area contributed by atoms with Crippen molar-refractivity contribution in [3.05, 3.63) is 53.1 Å². The third-order valence-corrected chi connectivity index (χ3v) is 7.09. The first kappa shape index (κ1) is 24.9. The van der Waals surface area contributed by atoms with Gasteiger partial charge in [0.2, 0.25) is 11.8 Å². The van der Waals surface area contributed by atoms with Crippen molar-refractivity contribution in [1.29, 1.82) is 0 Å². The van der Waals surface area contributed by atoms with E-state index >= 15 is 0 Å². The zero-order chi connectivity index (χ0) is 26.9. The average molecular weight is 534 g/mol. The molecule has 5 aromatic rings. The number of anilines is 2. The second kappa shape index (κ2) is 10.4. The van der Waals surface area contributed by atoms with E-state index < -0.39 is 0 Å². The molecule has 1 saturated heterocycles. The fourth-order valence-corrected chi connectivity index (χ4v) is 4.97. The van der Waals surface area contributed by atoms with Crippen LogP contribution in [0.1, 0.15) is 0 Å². The fourth-order valence-electron chi connectivity index (χ4n) is 4.97. The predicted octanol–water partition coefficient (Wildman–Crippen LogP) is 1.47. The van der Waals surface area contributed by atoms with Gasteiger partial charge in [0.15, 0.2) is 17.1 Å². The molecule has 0 aliphatic carbocycles. The molecule has 0 radical (unpaired) electrons. The van der Waals surface area contributed by atoms with Crippen LogP contribution in [0.25, 0.3) is 28.4 Å². The summed E-state index contributed by atoms with van der Waals surface area (Å²) in [5.41, 5.74) is 8.78. The number of piperazine rings is 1. The minimum atomic E-state index is -0.168. The van der Waals surface area contributed by atoms with Crippen LogP contribution in [-0.4, -0.2) is 86.7 Å². The van der Waals surface area contributed by atoms with Crippen molar-refractivity contribution in [2.24, 2.45) is 7.05 Å². The van der Waals surface area contributed by atoms with E-state index in [-0.39, 0.29) is 11.6 Å². The summed E-state index contributed by atoms with van der Waals surface area (Å²) in [7, 11) is 3.38. The summed E-state index contributed by atoms with van der Waals surface area (Å²) in [5.74, 6) is 1.89. The second-order valence-electron chi connectivity index (χ2n) is 9.45. The number of methoxy groups -OCH3 is 1. The number of aromatic nitrogens is 6. The minimum Gasteiger partial charge on any atom is -0.491 e. The zero-order valence-corrected chi connectivity index (χ0v) is 22.0. The molecule has 1 aliphatic rings. The Labute approximate surface area is 224 Å². The van der Waals surface area contributed by atoms with Crippen molar-refractivity contribution in [1.82, 2.24) is 33.6 Å². The van der Waals surface area contributed by atoms with Crippen LogP contribution in [0.5, 0.6) is 5.75 Å². The maximum absolute atomic E-state index is 13.2. The van der Waals surface area contributed by atoms with Gasteiger partial charge in [-0.15, -0.1) is 5.10 Å². The molecular weight excluding hydrogens is 502 g/mol. The molecule has 0 amide bonds. The Morgan fingerprint density at radius 2 is 1.79 bits per heavy atom. The number of nitrogen functional groups attached to an aromatic ring is 1. The van der Waals surface area contributed by atoms with Crippen LogP contribution in [0.15, 0.2) is 51.9 Å². The van der Waals surface area contributed by atoms with Crippen molar-refractivity contribution >= 4 is 28.4 Å². The Bertz CT molecular complexity index is 1630. The van der Waals surface area contributed by atoms with Crippen molar-refractivity contribution in [3.63, 3.8) is 0 Å². The van der Waals surface area contributed by atoms with E-state index in [2.05, 4.69) is 37.0 Å². The molecule has 0 atom stereocenters. The highest BCUT2D eigenvalue weighted by Gasteiger charge is 2.23. The maximum Gasteiger partial charge on any atom is 0.330 e. The van der Waals surface area contributed by atoms with Crippen LogP contribution in [-0.2, 0) is 18.3 Å². The summed E-state index contributed by atoms with van der Waals surface area (Å²) in [6.07, 6.45) is 1.56. The standard InChI is InChI=1S/C26H31N9O4/c1-31-21-23(29-25(27)35-24(21)28-22(30-35)20-4-3-15-39-20)34(26(31)36)14-11-32-9-12-33(13-10-32)18-5-7-19(8-6-18)38-17-16-37-2/h3-8,15H,9-14,16-17H2,1-2H3,(H2,27,29). The van der Waals surface area contributed by atoms with E-state index in [0.29, 0.717) is 48.2 Å². The molecule has 1 aromatic carbocycles. The SMILES string of the molecule is COCCOc1ccc(N2CCN(CCn3c(=O)n(C)c4c3nc(N)n3nc(-c5ccco5)nc43)CC2)cc1. The van der Waals surface area contributed by atoms with Gasteiger partial charge in [0.05, 0.1) is 12.9 Å². The van der Waals surface area contributed by atoms with Crippen molar-refractivity contribution in [3.8, 4) is 17.3 Å². The lowest BCUT2D eigenvalue weighted by Gasteiger charge is -2.36. The number of aryl methyl sites for hydroxylation is 1. The van der Waals surface area contributed by atoms with Gasteiger partial charge in [-0.3, -0.25) is 14.0 Å². The summed E-state index contributed by atoms with van der Waals surface area (Å²) in [6.45, 7) is 5.89. The van der Waals surface area contributed by atoms with Gasteiger partial charge in [-0.05, 0) is 36.4 Å². The third-order valence-electron chi connectivity index (χ3n) is 7.09. The number of hydrogen-bond acceptors (Lipinski definition) is 10. The molecule has 1 aliphatic heterocycles. The molecule has 6 rings (SSSR count). The molecule has 1 fully saturated rings. The highest BCUT2D eigenvalue weighted by atomic mass is 16.5. The topological polar surface area (TPSA) is 134 Å². The van der Waals surface area contributed by atoms with Crippen LogP contribution >= 0.6 is 0 Å². The summed E-state index contributed by atoms with van der Waals surface area (Å²) >= 11 is 0. The number of hydrogen-bond donors (Lipinski definition) is 1. The Morgan fingerprint density at radius 1 is 1.00 bits per heavy atom. The van der Waals surface area contributed by atoms with Gasteiger partial charge < -0.3 is 24.5 Å². The molecule has 204 valence electrons. The molecule has 13 heteroatoms. The number of nitrogens with two attached hydrogens (primary N) is 1. The Hall–Kier alpha value is -4.36. The van der Waals surface area contributed by atoms with E-state index in [1.807, 2.05) is 12.1 Å². The lowest BCUT2D eigenvalue weighted by molar-refractivity contribution is 0.146. The molecule has 39 heavy (non-hydrogen) atoms. The normalized spacial score (nSPS) is 14.6. The Morgan fingerprint density at radius 3 is 2.51 bits per heavy atom. The van der Waals surface area contributed by atoms with E-state index in [9.17, 15) is 4.79 Å². The quantitative estimate of drug-likeness (QED) is 0.278. The average Bonchev–Trinajstić information content (AvgIpc) is 3.69. The number of furan rings is 1. The van der Waals surface area contributed by atoms with E-state index in [0.717, 1.165) is 38.5 Å². The number of imidazole rings is 1. The largest absolute Gasteiger partial charge is 0.491 e. The zero-order valence-electron chi connectivity index (χ0n) is 22.0. The summed E-state index contributed by atoms with van der Waals surface area (Å²) in [5, 5.41) is 4.43. The molecule has 2 N–H and O–H groups in total. The van der Waals surface area contributed by atoms with Crippen LogP contribution in [0.2, 0.25) is 0 Å². The first-order valence-corrected chi connectivity index (χ1v) is 12.9. The Kier molecular flexibility index (Phi) is 6.67. The fraction of sp³-hybridized carbons (Fsp3) is 0.385. The van der Waals surface area contributed by atoms with Gasteiger partial charge in [0.1, 0.15) is 17.9 Å². The predicted molar refractivity (Wildman–Crippen MR) is 146 cm³/mol. The maximum atomic E-state index is 13.2. The van der Waals surface area contributed by atoms with Gasteiger partial charge >= 0.3 is 5.69 Å². The first-order chi connectivity index (χ1) is 19.0. The highest BCUT2D eigenvalue weighted by Crippen LogP contribution is 2.24. The minimum absolute atomic E-state index is 0.158. The van der Waals surface area contributed by atoms with E-state index in [1.54, 1.807) is 41.7 Å². The molecule has 5 heterocycles. The number of fused-ring (bicyclic) bond motifs is 3. The molecule has 13 nitrogen and oxygen atoms in total. The highest BCUT2D eigenvalue weighted by molar-refractivity contribution is 5.88. The number of rotatable bonds is 9. The van der Waals surface area contributed by atoms with Gasteiger partial charge in [0, 0.05) is 59.1 Å². The second-order valence-corrected chi connectivity index (χ2v) is 9.45. The summed E-state index contributed by atoms with van der Waals surface area (Å²) in [6, 6.07) is 11.7. The Balaban J connectivity index is 1.14. The molecule has 4 aromatic heterocycles. The smallest absolute Gasteiger partial charge is 0.330 e. The molecule has 0 saturated carbocycles. The first-order valence-electron chi connectivity index (χ1n) is 12.9.